The molecule has 0 spiro atoms. The molecule has 1 N–H and O–H groups in total. The number of amides is 1. The van der Waals surface area contributed by atoms with Crippen molar-refractivity contribution in [2.45, 2.75) is 38.3 Å². The molecule has 2 aliphatic rings. The number of likely N-dealkylation sites (tertiary alicyclic amines) is 1. The minimum Gasteiger partial charge on any atom is -0.480 e. The second-order valence-electron chi connectivity index (χ2n) is 5.23. The summed E-state index contributed by atoms with van der Waals surface area (Å²) in [5.41, 5.74) is 0. The molecule has 2 unspecified atom stereocenters. The monoisotopic (exact) mass is 286 g/mol. The van der Waals surface area contributed by atoms with Gasteiger partial charge in [-0.2, -0.15) is 11.8 Å². The second-order valence-corrected chi connectivity index (χ2v) is 6.38. The molecule has 0 aliphatic carbocycles. The highest BCUT2D eigenvalue weighted by Gasteiger charge is 2.36. The molecule has 1 amide bonds. The summed E-state index contributed by atoms with van der Waals surface area (Å²) in [5.74, 6) is 0.761. The van der Waals surface area contributed by atoms with Crippen molar-refractivity contribution in [3.05, 3.63) is 0 Å². The van der Waals surface area contributed by atoms with E-state index in [1.165, 1.54) is 6.42 Å². The third kappa shape index (κ3) is 3.42. The fourth-order valence-corrected chi connectivity index (χ4v) is 3.88. The molecule has 19 heavy (non-hydrogen) atoms. The molecule has 108 valence electrons. The number of hydrogen-bond donors (Lipinski definition) is 1. The van der Waals surface area contributed by atoms with E-state index in [-0.39, 0.29) is 11.9 Å². The average Bonchev–Trinajstić information content (AvgIpc) is 2.46. The van der Waals surface area contributed by atoms with Crippen molar-refractivity contribution >= 4 is 23.6 Å². The van der Waals surface area contributed by atoms with Gasteiger partial charge in [-0.1, -0.05) is 0 Å². The highest BCUT2D eigenvalue weighted by atomic mass is 32.2. The third-order valence-corrected chi connectivity index (χ3v) is 5.00. The molecule has 2 fully saturated rings. The lowest BCUT2D eigenvalue weighted by molar-refractivity contribution is -0.146. The zero-order chi connectivity index (χ0) is 13.8. The van der Waals surface area contributed by atoms with Crippen LogP contribution in [0.2, 0.25) is 0 Å². The maximum absolute atomic E-state index is 12.5. The van der Waals surface area contributed by atoms with Gasteiger partial charge in [-0.3, -0.25) is 14.5 Å². The van der Waals surface area contributed by atoms with Crippen molar-refractivity contribution in [3.8, 4) is 0 Å². The molecule has 0 saturated carbocycles. The number of carbonyl (C=O) groups is 2. The molecular weight excluding hydrogens is 264 g/mol. The summed E-state index contributed by atoms with van der Waals surface area (Å²) in [5, 5.41) is 9.27. The summed E-state index contributed by atoms with van der Waals surface area (Å²) in [4.78, 5) is 27.5. The first kappa shape index (κ1) is 14.7. The zero-order valence-electron chi connectivity index (χ0n) is 11.4. The molecule has 0 radical (unpaired) electrons. The van der Waals surface area contributed by atoms with Crippen molar-refractivity contribution in [1.82, 2.24) is 9.80 Å². The van der Waals surface area contributed by atoms with Crippen molar-refractivity contribution in [3.63, 3.8) is 0 Å². The quantitative estimate of drug-likeness (QED) is 0.835. The van der Waals surface area contributed by atoms with E-state index in [1.807, 2.05) is 16.7 Å². The van der Waals surface area contributed by atoms with Crippen molar-refractivity contribution < 1.29 is 14.7 Å². The predicted molar refractivity (Wildman–Crippen MR) is 75.3 cm³/mol. The Hall–Kier alpha value is -0.750. The lowest BCUT2D eigenvalue weighted by Crippen LogP contribution is -2.57. The number of carbonyl (C=O) groups excluding carboxylic acids is 1. The summed E-state index contributed by atoms with van der Waals surface area (Å²) in [7, 11) is 0. The van der Waals surface area contributed by atoms with Gasteiger partial charge < -0.3 is 10.0 Å². The Morgan fingerprint density at radius 2 is 1.89 bits per heavy atom. The van der Waals surface area contributed by atoms with E-state index in [0.717, 1.165) is 31.7 Å². The van der Waals surface area contributed by atoms with Gasteiger partial charge in [0.1, 0.15) is 6.04 Å². The van der Waals surface area contributed by atoms with Crippen LogP contribution in [0.15, 0.2) is 0 Å². The van der Waals surface area contributed by atoms with Crippen LogP contribution in [-0.4, -0.2) is 70.0 Å². The van der Waals surface area contributed by atoms with E-state index < -0.39 is 12.0 Å². The Morgan fingerprint density at radius 3 is 2.53 bits per heavy atom. The topological polar surface area (TPSA) is 60.9 Å². The van der Waals surface area contributed by atoms with Gasteiger partial charge in [0.15, 0.2) is 0 Å². The Labute approximate surface area is 118 Å². The number of piperidine rings is 1. The molecule has 5 nitrogen and oxygen atoms in total. The highest BCUT2D eigenvalue weighted by Crippen LogP contribution is 2.21. The van der Waals surface area contributed by atoms with Gasteiger partial charge in [-0.25, -0.2) is 0 Å². The van der Waals surface area contributed by atoms with E-state index in [4.69, 9.17) is 0 Å². The molecule has 0 bridgehead atoms. The van der Waals surface area contributed by atoms with Gasteiger partial charge >= 0.3 is 5.97 Å². The Morgan fingerprint density at radius 1 is 1.21 bits per heavy atom. The number of aliphatic carboxylic acids is 1. The molecule has 2 aliphatic heterocycles. The lowest BCUT2D eigenvalue weighted by atomic mass is 10.1. The average molecular weight is 286 g/mol. The summed E-state index contributed by atoms with van der Waals surface area (Å²) in [6.07, 6.45) is 3.32. The van der Waals surface area contributed by atoms with Crippen molar-refractivity contribution in [2.24, 2.45) is 0 Å². The normalized spacial score (nSPS) is 27.0. The first-order chi connectivity index (χ1) is 9.11. The van der Waals surface area contributed by atoms with Crippen molar-refractivity contribution in [1.29, 1.82) is 0 Å². The van der Waals surface area contributed by atoms with Crippen LogP contribution in [0.25, 0.3) is 0 Å². The number of hydrogen-bond acceptors (Lipinski definition) is 4. The van der Waals surface area contributed by atoms with Gasteiger partial charge in [0.2, 0.25) is 5.91 Å². The number of thioether (sulfide) groups is 1. The van der Waals surface area contributed by atoms with Crippen LogP contribution in [-0.2, 0) is 9.59 Å². The molecule has 0 aromatic heterocycles. The minimum absolute atomic E-state index is 0.0952. The third-order valence-electron chi connectivity index (χ3n) is 3.98. The van der Waals surface area contributed by atoms with Gasteiger partial charge in [0.05, 0.1) is 6.04 Å². The predicted octanol–water partition coefficient (Wildman–Crippen LogP) is 0.889. The SMILES string of the molecule is CC(C(=O)N1CCCCC1)N1CCSCC1C(=O)O. The molecular formula is C13H22N2O3S. The van der Waals surface area contributed by atoms with Gasteiger partial charge in [-0.05, 0) is 26.2 Å². The fourth-order valence-electron chi connectivity index (χ4n) is 2.81. The van der Waals surface area contributed by atoms with Crippen LogP contribution < -0.4 is 0 Å². The fraction of sp³-hybridized carbons (Fsp3) is 0.846. The largest absolute Gasteiger partial charge is 0.480 e. The number of carboxylic acids is 1. The van der Waals surface area contributed by atoms with Gasteiger partial charge in [0.25, 0.3) is 0 Å². The van der Waals surface area contributed by atoms with Crippen LogP contribution in [0, 0.1) is 0 Å². The molecule has 2 rings (SSSR count). The first-order valence-electron chi connectivity index (χ1n) is 6.96. The van der Waals surface area contributed by atoms with Crippen molar-refractivity contribution in [2.75, 3.05) is 31.1 Å². The van der Waals surface area contributed by atoms with Crippen LogP contribution >= 0.6 is 11.8 Å². The van der Waals surface area contributed by atoms with Crippen LogP contribution in [0.5, 0.6) is 0 Å². The van der Waals surface area contributed by atoms with Gasteiger partial charge in [0, 0.05) is 31.1 Å². The second kappa shape index (κ2) is 6.61. The molecule has 6 heteroatoms. The maximum atomic E-state index is 12.5. The molecule has 2 saturated heterocycles. The highest BCUT2D eigenvalue weighted by molar-refractivity contribution is 7.99. The first-order valence-corrected chi connectivity index (χ1v) is 8.12. The molecule has 2 heterocycles. The molecule has 0 aromatic carbocycles. The summed E-state index contributed by atoms with van der Waals surface area (Å²) < 4.78 is 0. The molecule has 2 atom stereocenters. The Bertz CT molecular complexity index is 345. The standard InChI is InChI=1S/C13H22N2O3S/c1-10(12(16)14-5-3-2-4-6-14)15-7-8-19-9-11(15)13(17)18/h10-11H,2-9H2,1H3,(H,17,18). The summed E-state index contributed by atoms with van der Waals surface area (Å²) >= 11 is 1.65. The van der Waals surface area contributed by atoms with Crippen LogP contribution in [0.1, 0.15) is 26.2 Å². The number of nitrogens with zero attached hydrogens (tertiary/aromatic N) is 2. The van der Waals surface area contributed by atoms with E-state index in [1.54, 1.807) is 11.8 Å². The van der Waals surface area contributed by atoms with Crippen LogP contribution in [0.4, 0.5) is 0 Å². The number of rotatable bonds is 3. The molecule has 0 aromatic rings. The maximum Gasteiger partial charge on any atom is 0.321 e. The zero-order valence-corrected chi connectivity index (χ0v) is 12.2. The van der Waals surface area contributed by atoms with Gasteiger partial charge in [-0.15, -0.1) is 0 Å². The summed E-state index contributed by atoms with van der Waals surface area (Å²) in [6, 6.07) is -0.845. The van der Waals surface area contributed by atoms with E-state index in [2.05, 4.69) is 0 Å². The lowest BCUT2D eigenvalue weighted by Gasteiger charge is -2.39. The number of carboxylic acid groups (broad SMARTS) is 1. The Balaban J connectivity index is 2.01. The minimum atomic E-state index is -0.814. The Kier molecular flexibility index (Phi) is 5.10. The van der Waals surface area contributed by atoms with E-state index in [9.17, 15) is 14.7 Å². The smallest absolute Gasteiger partial charge is 0.321 e. The van der Waals surface area contributed by atoms with Crippen LogP contribution in [0.3, 0.4) is 0 Å². The van der Waals surface area contributed by atoms with E-state index in [0.29, 0.717) is 12.3 Å². The van der Waals surface area contributed by atoms with E-state index >= 15 is 0 Å². The summed E-state index contributed by atoms with van der Waals surface area (Å²) in [6.45, 7) is 4.18.